The zero-order valence-electron chi connectivity index (χ0n) is 15.2. The summed E-state index contributed by atoms with van der Waals surface area (Å²) in [7, 11) is 1.32. The first kappa shape index (κ1) is 19.8. The van der Waals surface area contributed by atoms with Gasteiger partial charge in [0.05, 0.1) is 17.6 Å². The lowest BCUT2D eigenvalue weighted by atomic mass is 10.2. The molecule has 1 fully saturated rings. The maximum Gasteiger partial charge on any atom is 0.338 e. The number of rotatable bonds is 5. The molecule has 1 aliphatic rings. The number of ether oxygens (including phenoxy) is 2. The molecule has 2 heterocycles. The Morgan fingerprint density at radius 3 is 2.43 bits per heavy atom. The molecule has 1 saturated heterocycles. The minimum Gasteiger partial charge on any atom is -0.494 e. The van der Waals surface area contributed by atoms with Crippen LogP contribution in [0.1, 0.15) is 20.0 Å². The number of thiophene rings is 1. The lowest BCUT2D eigenvalue weighted by molar-refractivity contribution is -0.136. The fourth-order valence-corrected chi connectivity index (χ4v) is 3.50. The SMILES string of the molecule is COc1ccc(C(=O)OCC(=O)N2CCN(C(=O)c3cccs3)CC2)cc1F. The molecular formula is C19H19FN2O5S. The van der Waals surface area contributed by atoms with Gasteiger partial charge in [-0.2, -0.15) is 0 Å². The first-order chi connectivity index (χ1) is 13.5. The Morgan fingerprint density at radius 1 is 1.11 bits per heavy atom. The molecule has 0 bridgehead atoms. The maximum absolute atomic E-state index is 13.7. The highest BCUT2D eigenvalue weighted by molar-refractivity contribution is 7.12. The van der Waals surface area contributed by atoms with E-state index in [2.05, 4.69) is 0 Å². The van der Waals surface area contributed by atoms with Crippen LogP contribution in [-0.4, -0.2) is 67.5 Å². The molecule has 2 amide bonds. The van der Waals surface area contributed by atoms with Crippen LogP contribution in [0.2, 0.25) is 0 Å². The number of methoxy groups -OCH3 is 1. The third kappa shape index (κ3) is 4.48. The van der Waals surface area contributed by atoms with E-state index < -0.39 is 18.4 Å². The molecular weight excluding hydrogens is 387 g/mol. The second-order valence-corrected chi connectivity index (χ2v) is 7.02. The topological polar surface area (TPSA) is 76.2 Å². The summed E-state index contributed by atoms with van der Waals surface area (Å²) >= 11 is 1.38. The predicted molar refractivity (Wildman–Crippen MR) is 100 cm³/mol. The van der Waals surface area contributed by atoms with Crippen molar-refractivity contribution in [3.8, 4) is 5.75 Å². The van der Waals surface area contributed by atoms with Crippen LogP contribution in [0, 0.1) is 5.82 Å². The number of hydrogen-bond donors (Lipinski definition) is 0. The van der Waals surface area contributed by atoms with E-state index in [4.69, 9.17) is 9.47 Å². The zero-order valence-corrected chi connectivity index (χ0v) is 16.0. The van der Waals surface area contributed by atoms with Crippen molar-refractivity contribution in [1.29, 1.82) is 0 Å². The minimum atomic E-state index is -0.790. The molecule has 1 aromatic heterocycles. The molecule has 148 valence electrons. The van der Waals surface area contributed by atoms with Gasteiger partial charge >= 0.3 is 5.97 Å². The highest BCUT2D eigenvalue weighted by atomic mass is 32.1. The molecule has 0 atom stereocenters. The van der Waals surface area contributed by atoms with Crippen LogP contribution in [0.4, 0.5) is 4.39 Å². The third-order valence-electron chi connectivity index (χ3n) is 4.37. The van der Waals surface area contributed by atoms with Crippen molar-refractivity contribution in [1.82, 2.24) is 9.80 Å². The standard InChI is InChI=1S/C19H19FN2O5S/c1-26-15-5-4-13(11-14(15)20)19(25)27-12-17(23)21-6-8-22(9-7-21)18(24)16-3-2-10-28-16/h2-5,10-11H,6-9,12H2,1H3. The Hall–Kier alpha value is -2.94. The average molecular weight is 406 g/mol. The van der Waals surface area contributed by atoms with Gasteiger partial charge < -0.3 is 19.3 Å². The fourth-order valence-electron chi connectivity index (χ4n) is 2.81. The Morgan fingerprint density at radius 2 is 1.82 bits per heavy atom. The van der Waals surface area contributed by atoms with Crippen LogP contribution in [0.5, 0.6) is 5.75 Å². The van der Waals surface area contributed by atoms with Gasteiger partial charge in [-0.3, -0.25) is 9.59 Å². The van der Waals surface area contributed by atoms with Gasteiger partial charge in [0.2, 0.25) is 0 Å². The third-order valence-corrected chi connectivity index (χ3v) is 5.22. The van der Waals surface area contributed by atoms with Crippen molar-refractivity contribution < 1.29 is 28.2 Å². The quantitative estimate of drug-likeness (QED) is 0.711. The van der Waals surface area contributed by atoms with E-state index >= 15 is 0 Å². The van der Waals surface area contributed by atoms with Crippen LogP contribution in [0.3, 0.4) is 0 Å². The molecule has 0 N–H and O–H groups in total. The number of benzene rings is 1. The number of piperazine rings is 1. The van der Waals surface area contributed by atoms with Gasteiger partial charge in [-0.15, -0.1) is 11.3 Å². The summed E-state index contributed by atoms with van der Waals surface area (Å²) in [5, 5.41) is 1.84. The van der Waals surface area contributed by atoms with Crippen molar-refractivity contribution >= 4 is 29.1 Å². The van der Waals surface area contributed by atoms with Crippen molar-refractivity contribution in [3.05, 3.63) is 52.0 Å². The number of carbonyl (C=O) groups is 3. The van der Waals surface area contributed by atoms with Crippen LogP contribution < -0.4 is 4.74 Å². The Bertz CT molecular complexity index is 863. The van der Waals surface area contributed by atoms with Gasteiger partial charge in [0.15, 0.2) is 18.2 Å². The second-order valence-electron chi connectivity index (χ2n) is 6.08. The highest BCUT2D eigenvalue weighted by Crippen LogP contribution is 2.18. The highest BCUT2D eigenvalue weighted by Gasteiger charge is 2.26. The van der Waals surface area contributed by atoms with E-state index in [1.54, 1.807) is 15.9 Å². The van der Waals surface area contributed by atoms with E-state index in [1.807, 2.05) is 11.4 Å². The summed E-state index contributed by atoms with van der Waals surface area (Å²) < 4.78 is 23.4. The normalized spacial score (nSPS) is 13.9. The van der Waals surface area contributed by atoms with Gasteiger partial charge in [-0.25, -0.2) is 9.18 Å². The molecule has 3 rings (SSSR count). The van der Waals surface area contributed by atoms with Crippen LogP contribution in [0.25, 0.3) is 0 Å². The van der Waals surface area contributed by atoms with Gasteiger partial charge in [-0.1, -0.05) is 6.07 Å². The van der Waals surface area contributed by atoms with Crippen molar-refractivity contribution in [2.45, 2.75) is 0 Å². The summed E-state index contributed by atoms with van der Waals surface area (Å²) in [5.41, 5.74) is -0.00235. The Labute approximate surface area is 165 Å². The second kappa shape index (κ2) is 8.83. The molecule has 28 heavy (non-hydrogen) atoms. The first-order valence-electron chi connectivity index (χ1n) is 8.61. The number of hydrogen-bond acceptors (Lipinski definition) is 6. The van der Waals surface area contributed by atoms with Crippen molar-refractivity contribution in [2.75, 3.05) is 39.9 Å². The van der Waals surface area contributed by atoms with Gasteiger partial charge in [0.1, 0.15) is 0 Å². The average Bonchev–Trinajstić information content (AvgIpc) is 3.26. The molecule has 7 nitrogen and oxygen atoms in total. The van der Waals surface area contributed by atoms with E-state index in [1.165, 1.54) is 30.6 Å². The van der Waals surface area contributed by atoms with Crippen molar-refractivity contribution in [3.63, 3.8) is 0 Å². The molecule has 1 aliphatic heterocycles. The van der Waals surface area contributed by atoms with Crippen molar-refractivity contribution in [2.24, 2.45) is 0 Å². The van der Waals surface area contributed by atoms with E-state index in [0.717, 1.165) is 6.07 Å². The number of nitrogens with zero attached hydrogens (tertiary/aromatic N) is 2. The molecule has 0 unspecified atom stereocenters. The number of amides is 2. The monoisotopic (exact) mass is 406 g/mol. The summed E-state index contributed by atoms with van der Waals surface area (Å²) in [6.45, 7) is 1.13. The molecule has 1 aromatic carbocycles. The van der Waals surface area contributed by atoms with E-state index in [-0.39, 0.29) is 23.1 Å². The fraction of sp³-hybridized carbons (Fsp3) is 0.316. The molecule has 9 heteroatoms. The summed E-state index contributed by atoms with van der Waals surface area (Å²) in [5.74, 6) is -1.86. The maximum atomic E-state index is 13.7. The molecule has 0 spiro atoms. The summed E-state index contributed by atoms with van der Waals surface area (Å²) in [4.78, 5) is 40.5. The Kier molecular flexibility index (Phi) is 6.25. The van der Waals surface area contributed by atoms with Gasteiger partial charge in [-0.05, 0) is 29.6 Å². The van der Waals surface area contributed by atoms with Crippen LogP contribution >= 0.6 is 11.3 Å². The van der Waals surface area contributed by atoms with E-state index in [9.17, 15) is 18.8 Å². The predicted octanol–water partition coefficient (Wildman–Crippen LogP) is 2.04. The van der Waals surface area contributed by atoms with Crippen LogP contribution in [0.15, 0.2) is 35.7 Å². The van der Waals surface area contributed by atoms with Crippen LogP contribution in [-0.2, 0) is 9.53 Å². The minimum absolute atomic E-state index is 0.00235. The molecule has 0 aliphatic carbocycles. The number of halogens is 1. The summed E-state index contributed by atoms with van der Waals surface area (Å²) in [6.07, 6.45) is 0. The van der Waals surface area contributed by atoms with Gasteiger partial charge in [0.25, 0.3) is 11.8 Å². The largest absolute Gasteiger partial charge is 0.494 e. The lowest BCUT2D eigenvalue weighted by Crippen LogP contribution is -2.51. The Balaban J connectivity index is 1.47. The summed E-state index contributed by atoms with van der Waals surface area (Å²) in [6, 6.07) is 7.27. The molecule has 0 radical (unpaired) electrons. The zero-order chi connectivity index (χ0) is 20.1. The molecule has 0 saturated carbocycles. The molecule has 2 aromatic rings. The lowest BCUT2D eigenvalue weighted by Gasteiger charge is -2.34. The van der Waals surface area contributed by atoms with Gasteiger partial charge in [0, 0.05) is 26.2 Å². The number of esters is 1. The number of carbonyl (C=O) groups excluding carboxylic acids is 3. The smallest absolute Gasteiger partial charge is 0.338 e. The van der Waals surface area contributed by atoms with E-state index in [0.29, 0.717) is 31.1 Å². The first-order valence-corrected chi connectivity index (χ1v) is 9.49.